The summed E-state index contributed by atoms with van der Waals surface area (Å²) in [5.74, 6) is -0.539. The first-order valence-corrected chi connectivity index (χ1v) is 8.61. The van der Waals surface area contributed by atoms with Crippen LogP contribution in [0.1, 0.15) is 25.7 Å². The lowest BCUT2D eigenvalue weighted by Gasteiger charge is -2.30. The van der Waals surface area contributed by atoms with Gasteiger partial charge < -0.3 is 5.11 Å². The van der Waals surface area contributed by atoms with Crippen molar-refractivity contribution in [2.75, 3.05) is 6.26 Å². The highest BCUT2D eigenvalue weighted by Gasteiger charge is 2.33. The molecule has 0 aromatic heterocycles. The molecule has 1 atom stereocenters. The highest BCUT2D eigenvalue weighted by molar-refractivity contribution is 7.88. The van der Waals surface area contributed by atoms with E-state index in [4.69, 9.17) is 4.55 Å². The molecule has 17 heavy (non-hydrogen) atoms. The van der Waals surface area contributed by atoms with Crippen LogP contribution in [-0.2, 0) is 20.1 Å². The van der Waals surface area contributed by atoms with E-state index in [9.17, 15) is 21.9 Å². The fourth-order valence-corrected chi connectivity index (χ4v) is 3.67. The topological polar surface area (TPSA) is 121 Å². The van der Waals surface area contributed by atoms with Crippen LogP contribution in [0, 0.1) is 5.92 Å². The minimum Gasteiger partial charge on any atom is -0.375 e. The van der Waals surface area contributed by atoms with Crippen molar-refractivity contribution in [3.05, 3.63) is 0 Å². The molecule has 0 amide bonds. The van der Waals surface area contributed by atoms with Gasteiger partial charge in [-0.15, -0.1) is 0 Å². The van der Waals surface area contributed by atoms with Crippen LogP contribution in [0.2, 0.25) is 0 Å². The summed E-state index contributed by atoms with van der Waals surface area (Å²) in [4.78, 5) is 0. The summed E-state index contributed by atoms with van der Waals surface area (Å²) in [6.07, 6.45) is 2.67. The van der Waals surface area contributed by atoms with Crippen LogP contribution in [0.5, 0.6) is 0 Å². The van der Waals surface area contributed by atoms with Crippen LogP contribution in [-0.4, -0.2) is 44.2 Å². The van der Waals surface area contributed by atoms with Gasteiger partial charge in [0.1, 0.15) is 0 Å². The van der Waals surface area contributed by atoms with Gasteiger partial charge in [0.25, 0.3) is 10.1 Å². The van der Waals surface area contributed by atoms with E-state index in [1.165, 1.54) is 0 Å². The predicted molar refractivity (Wildman–Crippen MR) is 61.3 cm³/mol. The third-order valence-corrected chi connectivity index (χ3v) is 4.62. The molecule has 0 aromatic carbocycles. The van der Waals surface area contributed by atoms with E-state index < -0.39 is 31.5 Å². The lowest BCUT2D eigenvalue weighted by atomic mass is 9.87. The fraction of sp³-hybridized carbons (Fsp3) is 1.00. The largest absolute Gasteiger partial charge is 0.375 e. The number of hydrogen-bond acceptors (Lipinski definition) is 5. The molecular weight excluding hydrogens is 270 g/mol. The van der Waals surface area contributed by atoms with Gasteiger partial charge in [0, 0.05) is 12.0 Å². The van der Waals surface area contributed by atoms with Gasteiger partial charge in [-0.05, 0) is 25.7 Å². The van der Waals surface area contributed by atoms with Gasteiger partial charge in [0.05, 0.1) is 6.26 Å². The van der Waals surface area contributed by atoms with E-state index in [1.54, 1.807) is 0 Å². The van der Waals surface area contributed by atoms with E-state index in [-0.39, 0.29) is 6.04 Å². The average molecular weight is 287 g/mol. The number of aliphatic hydroxyl groups excluding tert-OH is 1. The Balaban J connectivity index is 2.52. The van der Waals surface area contributed by atoms with Crippen molar-refractivity contribution in [1.29, 1.82) is 0 Å². The Labute approximate surface area is 101 Å². The Morgan fingerprint density at radius 2 is 1.59 bits per heavy atom. The van der Waals surface area contributed by atoms with Crippen molar-refractivity contribution >= 4 is 20.1 Å². The Morgan fingerprint density at radius 1 is 1.12 bits per heavy atom. The minimum atomic E-state index is -4.44. The van der Waals surface area contributed by atoms with Crippen LogP contribution in [0.4, 0.5) is 0 Å². The second-order valence-corrected chi connectivity index (χ2v) is 7.70. The van der Waals surface area contributed by atoms with E-state index in [0.29, 0.717) is 25.7 Å². The number of sulfonamides is 1. The summed E-state index contributed by atoms with van der Waals surface area (Å²) in [7, 11) is -7.71. The van der Waals surface area contributed by atoms with Crippen molar-refractivity contribution in [2.24, 2.45) is 5.92 Å². The van der Waals surface area contributed by atoms with E-state index in [1.807, 2.05) is 0 Å². The molecule has 0 aromatic rings. The second-order valence-electron chi connectivity index (χ2n) is 4.41. The predicted octanol–water partition coefficient (Wildman–Crippen LogP) is -0.699. The molecule has 1 saturated carbocycles. The normalized spacial score (nSPS) is 28.9. The van der Waals surface area contributed by atoms with Crippen molar-refractivity contribution in [2.45, 2.75) is 37.2 Å². The van der Waals surface area contributed by atoms with Gasteiger partial charge in [-0.1, -0.05) is 0 Å². The quantitative estimate of drug-likeness (QED) is 0.588. The molecule has 0 bridgehead atoms. The molecular formula is C8H17NO6S2. The van der Waals surface area contributed by atoms with E-state index >= 15 is 0 Å². The van der Waals surface area contributed by atoms with Gasteiger partial charge in [-0.2, -0.15) is 8.42 Å². The number of rotatable bonds is 4. The summed E-state index contributed by atoms with van der Waals surface area (Å²) >= 11 is 0. The molecule has 102 valence electrons. The third kappa shape index (κ3) is 4.88. The number of nitrogens with one attached hydrogen (secondary N) is 1. The molecule has 9 heteroatoms. The zero-order chi connectivity index (χ0) is 13.3. The number of hydrogen-bond donors (Lipinski definition) is 3. The zero-order valence-corrected chi connectivity index (χ0v) is 11.0. The Bertz CT molecular complexity index is 448. The van der Waals surface area contributed by atoms with E-state index in [0.717, 1.165) is 6.26 Å². The maximum atomic E-state index is 11.0. The first kappa shape index (κ1) is 14.8. The van der Waals surface area contributed by atoms with Gasteiger partial charge in [-0.3, -0.25) is 4.55 Å². The highest BCUT2D eigenvalue weighted by atomic mass is 32.2. The molecule has 1 aliphatic carbocycles. The maximum absolute atomic E-state index is 11.0. The second kappa shape index (κ2) is 5.19. The van der Waals surface area contributed by atoms with Crippen molar-refractivity contribution in [3.63, 3.8) is 0 Å². The standard InChI is InChI=1S/C8H17NO6S2/c1-16(11,12)9-7-4-2-6(3-5-7)8(10)17(13,14)15/h6-10H,2-5H2,1H3,(H,13,14,15)/t6-,7-,8-/m1/s1. The first-order valence-electron chi connectivity index (χ1n) is 5.21. The lowest BCUT2D eigenvalue weighted by molar-refractivity contribution is 0.133. The molecule has 0 unspecified atom stereocenters. The summed E-state index contributed by atoms with van der Waals surface area (Å²) < 4.78 is 54.6. The zero-order valence-electron chi connectivity index (χ0n) is 9.40. The monoisotopic (exact) mass is 287 g/mol. The van der Waals surface area contributed by atoms with Crippen molar-refractivity contribution in [1.82, 2.24) is 4.72 Å². The molecule has 0 spiro atoms. The summed E-state index contributed by atoms with van der Waals surface area (Å²) in [6.45, 7) is 0. The van der Waals surface area contributed by atoms with Crippen LogP contribution in [0.3, 0.4) is 0 Å². The SMILES string of the molecule is CS(=O)(=O)N[C@H]1CC[C@H]([C@H](O)S(=O)(=O)O)CC1. The Hall–Kier alpha value is -0.220. The first-order chi connectivity index (χ1) is 7.59. The molecule has 0 aliphatic heterocycles. The van der Waals surface area contributed by atoms with Crippen LogP contribution >= 0.6 is 0 Å². The van der Waals surface area contributed by atoms with Crippen molar-refractivity contribution < 1.29 is 26.5 Å². The average Bonchev–Trinajstić information content (AvgIpc) is 2.14. The maximum Gasteiger partial charge on any atom is 0.292 e. The number of aliphatic hydroxyl groups is 1. The van der Waals surface area contributed by atoms with Gasteiger partial charge >= 0.3 is 0 Å². The molecule has 1 rings (SSSR count). The third-order valence-electron chi connectivity index (χ3n) is 2.86. The minimum absolute atomic E-state index is 0.227. The van der Waals surface area contributed by atoms with Gasteiger partial charge in [-0.25, -0.2) is 13.1 Å². The molecule has 0 saturated heterocycles. The highest BCUT2D eigenvalue weighted by Crippen LogP contribution is 2.28. The molecule has 0 heterocycles. The summed E-state index contributed by atoms with van der Waals surface area (Å²) in [6, 6.07) is -0.227. The fourth-order valence-electron chi connectivity index (χ4n) is 2.07. The van der Waals surface area contributed by atoms with Crippen LogP contribution < -0.4 is 4.72 Å². The molecule has 0 radical (unpaired) electrons. The lowest BCUT2D eigenvalue weighted by Crippen LogP contribution is -2.40. The Morgan fingerprint density at radius 3 is 1.94 bits per heavy atom. The van der Waals surface area contributed by atoms with Crippen molar-refractivity contribution in [3.8, 4) is 0 Å². The van der Waals surface area contributed by atoms with Crippen LogP contribution in [0.25, 0.3) is 0 Å². The van der Waals surface area contributed by atoms with Gasteiger partial charge in [0.15, 0.2) is 5.44 Å². The smallest absolute Gasteiger partial charge is 0.292 e. The van der Waals surface area contributed by atoms with E-state index in [2.05, 4.69) is 4.72 Å². The molecule has 3 N–H and O–H groups in total. The summed E-state index contributed by atoms with van der Waals surface area (Å²) in [5, 5.41) is 9.35. The molecule has 1 fully saturated rings. The molecule has 7 nitrogen and oxygen atoms in total. The summed E-state index contributed by atoms with van der Waals surface area (Å²) in [5.41, 5.74) is -1.78. The van der Waals surface area contributed by atoms with Crippen LogP contribution in [0.15, 0.2) is 0 Å². The van der Waals surface area contributed by atoms with Gasteiger partial charge in [0.2, 0.25) is 10.0 Å². The molecule has 1 aliphatic rings. The Kier molecular flexibility index (Phi) is 4.53.